The molecule has 1 rings (SSSR count). The number of amides is 2. The van der Waals surface area contributed by atoms with Crippen molar-refractivity contribution >= 4 is 51.5 Å². The molecule has 0 aliphatic heterocycles. The molecule has 10 heteroatoms. The summed E-state index contributed by atoms with van der Waals surface area (Å²) in [6, 6.07) is 6.02. The Morgan fingerprint density at radius 2 is 1.32 bits per heavy atom. The summed E-state index contributed by atoms with van der Waals surface area (Å²) in [5.74, 6) is -1.35. The number of carbonyl (C=O) groups excluding carboxylic acids is 5. The number of methoxy groups -OCH3 is 1. The third kappa shape index (κ3) is 10.7. The first-order valence-corrected chi connectivity index (χ1v) is 13.0. The Morgan fingerprint density at radius 1 is 0.824 bits per heavy atom. The van der Waals surface area contributed by atoms with Crippen LogP contribution in [0.25, 0.3) is 0 Å². The lowest BCUT2D eigenvalue weighted by Crippen LogP contribution is -2.44. The second-order valence-electron chi connectivity index (χ2n) is 8.35. The van der Waals surface area contributed by atoms with Gasteiger partial charge >= 0.3 is 5.97 Å². The summed E-state index contributed by atoms with van der Waals surface area (Å²) >= 11 is 1.77. The van der Waals surface area contributed by atoms with E-state index in [2.05, 4.69) is 29.2 Å². The highest BCUT2D eigenvalue weighted by atomic mass is 32.2. The molecular formula is C24H34N2O6S2. The molecule has 8 nitrogen and oxygen atoms in total. The van der Waals surface area contributed by atoms with Crippen molar-refractivity contribution < 1.29 is 28.7 Å². The lowest BCUT2D eigenvalue weighted by molar-refractivity contribution is -0.144. The van der Waals surface area contributed by atoms with Crippen LogP contribution in [0.15, 0.2) is 24.3 Å². The maximum atomic E-state index is 12.8. The van der Waals surface area contributed by atoms with Gasteiger partial charge in [0, 0.05) is 25.4 Å². The fourth-order valence-corrected chi connectivity index (χ4v) is 5.03. The summed E-state index contributed by atoms with van der Waals surface area (Å²) in [5, 5.41) is 4.46. The minimum absolute atomic E-state index is 0.0566. The van der Waals surface area contributed by atoms with E-state index in [1.165, 1.54) is 26.5 Å². The molecule has 0 heterocycles. The Labute approximate surface area is 209 Å². The quantitative estimate of drug-likeness (QED) is 0.412. The molecule has 3 atom stereocenters. The molecule has 0 bridgehead atoms. The summed E-state index contributed by atoms with van der Waals surface area (Å²) < 4.78 is 4.65. The van der Waals surface area contributed by atoms with E-state index >= 15 is 0 Å². The second kappa shape index (κ2) is 14.8. The number of ether oxygens (including phenoxy) is 1. The van der Waals surface area contributed by atoms with Gasteiger partial charge in [-0.15, -0.1) is 0 Å². The van der Waals surface area contributed by atoms with Crippen LogP contribution < -0.4 is 10.6 Å². The monoisotopic (exact) mass is 510 g/mol. The fraction of sp³-hybridized carbons (Fsp3) is 0.542. The number of carbonyl (C=O) groups is 5. The Balaban J connectivity index is 2.75. The lowest BCUT2D eigenvalue weighted by atomic mass is 9.97. The second-order valence-corrected chi connectivity index (χ2v) is 10.4. The number of nitrogens with one attached hydrogen (secondary N) is 2. The van der Waals surface area contributed by atoms with E-state index in [9.17, 15) is 24.0 Å². The van der Waals surface area contributed by atoms with Gasteiger partial charge in [0.2, 0.25) is 16.9 Å². The highest BCUT2D eigenvalue weighted by Gasteiger charge is 2.27. The van der Waals surface area contributed by atoms with Crippen molar-refractivity contribution in [1.29, 1.82) is 0 Å². The van der Waals surface area contributed by atoms with Crippen LogP contribution in [0.4, 0.5) is 0 Å². The SMILES string of the molecule is COC(=O)C(CSC(=O)C(CSC(=O)C(C)c1ccc(CC(C)C)cc1)NC(C)=O)NC(C)=O. The maximum absolute atomic E-state index is 12.8. The van der Waals surface area contributed by atoms with Crippen molar-refractivity contribution in [2.75, 3.05) is 18.6 Å². The van der Waals surface area contributed by atoms with Crippen molar-refractivity contribution in [2.24, 2.45) is 5.92 Å². The summed E-state index contributed by atoms with van der Waals surface area (Å²) in [6.07, 6.45) is 0.967. The van der Waals surface area contributed by atoms with Crippen LogP contribution >= 0.6 is 23.5 Å². The highest BCUT2D eigenvalue weighted by Crippen LogP contribution is 2.24. The molecule has 0 saturated carbocycles. The Kier molecular flexibility index (Phi) is 13.0. The van der Waals surface area contributed by atoms with Gasteiger partial charge in [0.1, 0.15) is 12.1 Å². The normalized spacial score (nSPS) is 13.5. The van der Waals surface area contributed by atoms with Gasteiger partial charge in [0.05, 0.1) is 13.0 Å². The summed E-state index contributed by atoms with van der Waals surface area (Å²) in [6.45, 7) is 8.65. The zero-order valence-corrected chi connectivity index (χ0v) is 22.1. The average Bonchev–Trinajstić information content (AvgIpc) is 2.77. The molecule has 2 N–H and O–H groups in total. The van der Waals surface area contributed by atoms with Crippen LogP contribution in [0.1, 0.15) is 51.7 Å². The van der Waals surface area contributed by atoms with E-state index in [-0.39, 0.29) is 22.5 Å². The number of hydrogen-bond donors (Lipinski definition) is 2. The summed E-state index contributed by atoms with van der Waals surface area (Å²) in [4.78, 5) is 60.2. The predicted octanol–water partition coefficient (Wildman–Crippen LogP) is 2.69. The molecule has 0 saturated heterocycles. The van der Waals surface area contributed by atoms with Crippen molar-refractivity contribution in [3.63, 3.8) is 0 Å². The molecule has 3 unspecified atom stereocenters. The van der Waals surface area contributed by atoms with Gasteiger partial charge < -0.3 is 15.4 Å². The molecule has 1 aromatic carbocycles. The highest BCUT2D eigenvalue weighted by molar-refractivity contribution is 8.15. The molecule has 34 heavy (non-hydrogen) atoms. The largest absolute Gasteiger partial charge is 0.467 e. The van der Waals surface area contributed by atoms with Crippen LogP contribution in [-0.2, 0) is 35.1 Å². The maximum Gasteiger partial charge on any atom is 0.329 e. The van der Waals surface area contributed by atoms with E-state index in [4.69, 9.17) is 0 Å². The lowest BCUT2D eigenvalue weighted by Gasteiger charge is -2.19. The number of thioether (sulfide) groups is 2. The first-order valence-electron chi connectivity index (χ1n) is 11.0. The third-order valence-corrected chi connectivity index (χ3v) is 6.99. The van der Waals surface area contributed by atoms with Gasteiger partial charge in [-0.05, 0) is 23.5 Å². The Hall–Kier alpha value is -2.33. The van der Waals surface area contributed by atoms with Crippen LogP contribution in [0, 0.1) is 5.92 Å². The molecule has 0 aliphatic rings. The smallest absolute Gasteiger partial charge is 0.329 e. The number of esters is 1. The van der Waals surface area contributed by atoms with Gasteiger partial charge in [-0.2, -0.15) is 0 Å². The van der Waals surface area contributed by atoms with Gasteiger partial charge in [0.25, 0.3) is 0 Å². The van der Waals surface area contributed by atoms with E-state index in [1.54, 1.807) is 0 Å². The summed E-state index contributed by atoms with van der Waals surface area (Å²) in [5.41, 5.74) is 2.10. The molecule has 1 aromatic rings. The van der Waals surface area contributed by atoms with Crippen LogP contribution in [0.3, 0.4) is 0 Å². The zero-order chi connectivity index (χ0) is 25.8. The first kappa shape index (κ1) is 29.7. The molecule has 2 amide bonds. The topological polar surface area (TPSA) is 119 Å². The van der Waals surface area contributed by atoms with E-state index < -0.39 is 35.0 Å². The molecule has 188 valence electrons. The minimum Gasteiger partial charge on any atom is -0.467 e. The molecule has 0 radical (unpaired) electrons. The molecule has 0 aliphatic carbocycles. The van der Waals surface area contributed by atoms with Gasteiger partial charge in [-0.3, -0.25) is 19.2 Å². The molecule has 0 fully saturated rings. The minimum atomic E-state index is -0.998. The standard InChI is InChI=1S/C24H34N2O6S2/c1-14(2)11-18-7-9-19(10-8-18)15(3)23(30)33-13-21(26-17(5)28)24(31)34-12-20(22(29)32-6)25-16(4)27/h7-10,14-15,20-21H,11-13H2,1-6H3,(H,25,27)(H,26,28). The molecule has 0 aromatic heterocycles. The van der Waals surface area contributed by atoms with E-state index in [0.29, 0.717) is 5.92 Å². The van der Waals surface area contributed by atoms with Crippen LogP contribution in [-0.4, -0.2) is 58.7 Å². The van der Waals surface area contributed by atoms with Crippen molar-refractivity contribution in [3.05, 3.63) is 35.4 Å². The Bertz CT molecular complexity index is 873. The van der Waals surface area contributed by atoms with Crippen molar-refractivity contribution in [1.82, 2.24) is 10.6 Å². The number of rotatable bonds is 12. The number of benzene rings is 1. The van der Waals surface area contributed by atoms with Gasteiger partial charge in [-0.1, -0.05) is 68.6 Å². The molecule has 0 spiro atoms. The Morgan fingerprint density at radius 3 is 1.82 bits per heavy atom. The average molecular weight is 511 g/mol. The van der Waals surface area contributed by atoms with Gasteiger partial charge in [-0.25, -0.2) is 4.79 Å². The fourth-order valence-electron chi connectivity index (χ4n) is 3.08. The van der Waals surface area contributed by atoms with Crippen LogP contribution in [0.2, 0.25) is 0 Å². The van der Waals surface area contributed by atoms with E-state index in [1.807, 2.05) is 31.2 Å². The third-order valence-electron chi connectivity index (χ3n) is 4.79. The molecular weight excluding hydrogens is 476 g/mol. The number of hydrogen-bond acceptors (Lipinski definition) is 8. The zero-order valence-electron chi connectivity index (χ0n) is 20.5. The summed E-state index contributed by atoms with van der Waals surface area (Å²) in [7, 11) is 1.19. The predicted molar refractivity (Wildman–Crippen MR) is 136 cm³/mol. The van der Waals surface area contributed by atoms with Gasteiger partial charge in [0.15, 0.2) is 5.12 Å². The van der Waals surface area contributed by atoms with E-state index in [0.717, 1.165) is 35.5 Å². The first-order chi connectivity index (χ1) is 15.9. The van der Waals surface area contributed by atoms with Crippen LogP contribution in [0.5, 0.6) is 0 Å². The van der Waals surface area contributed by atoms with Crippen molar-refractivity contribution in [3.8, 4) is 0 Å². The van der Waals surface area contributed by atoms with Crippen molar-refractivity contribution in [2.45, 2.75) is 59.0 Å².